The van der Waals surface area contributed by atoms with Gasteiger partial charge in [0.1, 0.15) is 11.6 Å². The van der Waals surface area contributed by atoms with Gasteiger partial charge in [0.25, 0.3) is 0 Å². The van der Waals surface area contributed by atoms with E-state index in [1.807, 2.05) is 68.1 Å². The molecule has 1 aromatic heterocycles. The molecule has 2 amide bonds. The fraction of sp³-hybridized carbons (Fsp3) is 0.429. The van der Waals surface area contributed by atoms with E-state index in [1.165, 1.54) is 10.9 Å². The highest BCUT2D eigenvalue weighted by atomic mass is 16.6. The molecule has 3 aromatic rings. The summed E-state index contributed by atoms with van der Waals surface area (Å²) in [6.45, 7) is 7.43. The Bertz CT molecular complexity index is 1210. The summed E-state index contributed by atoms with van der Waals surface area (Å²) in [5.74, 6) is -0.0500. The van der Waals surface area contributed by atoms with Crippen molar-refractivity contribution in [2.75, 3.05) is 13.1 Å². The van der Waals surface area contributed by atoms with Crippen LogP contribution in [-0.4, -0.2) is 57.6 Å². The van der Waals surface area contributed by atoms with Crippen molar-refractivity contribution in [3.63, 3.8) is 0 Å². The molecule has 1 N–H and O–H groups in total. The van der Waals surface area contributed by atoms with Crippen molar-refractivity contribution < 1.29 is 19.1 Å². The van der Waals surface area contributed by atoms with Gasteiger partial charge in [-0.3, -0.25) is 9.69 Å². The molecule has 2 atom stereocenters. The van der Waals surface area contributed by atoms with Crippen LogP contribution in [0.25, 0.3) is 10.9 Å². The second kappa shape index (κ2) is 9.38. The van der Waals surface area contributed by atoms with E-state index >= 15 is 0 Å². The van der Waals surface area contributed by atoms with Crippen molar-refractivity contribution in [2.45, 2.75) is 64.5 Å². The number of aromatic nitrogens is 1. The zero-order chi connectivity index (χ0) is 24.6. The molecule has 1 fully saturated rings. The Hall–Kier alpha value is -3.32. The van der Waals surface area contributed by atoms with Crippen LogP contribution in [0, 0.1) is 0 Å². The first-order valence-corrected chi connectivity index (χ1v) is 12.3. The van der Waals surface area contributed by atoms with Crippen LogP contribution in [0.4, 0.5) is 4.79 Å². The minimum absolute atomic E-state index is 0.0500. The Kier molecular flexibility index (Phi) is 6.28. The molecular weight excluding hydrogens is 442 g/mol. The number of nitrogens with zero attached hydrogens (tertiary/aromatic N) is 2. The van der Waals surface area contributed by atoms with E-state index in [-0.39, 0.29) is 12.0 Å². The van der Waals surface area contributed by atoms with Crippen molar-refractivity contribution in [1.82, 2.24) is 14.8 Å². The van der Waals surface area contributed by atoms with Crippen LogP contribution in [-0.2, 0) is 33.8 Å². The Morgan fingerprint density at radius 2 is 1.80 bits per heavy atom. The average Bonchev–Trinajstić information content (AvgIpc) is 3.43. The molecule has 2 aromatic carbocycles. The minimum Gasteiger partial charge on any atom is -0.444 e. The second-order valence-electron chi connectivity index (χ2n) is 10.4. The van der Waals surface area contributed by atoms with Crippen molar-refractivity contribution in [3.05, 3.63) is 71.4 Å². The predicted molar refractivity (Wildman–Crippen MR) is 134 cm³/mol. The zero-order valence-corrected chi connectivity index (χ0v) is 20.6. The van der Waals surface area contributed by atoms with Gasteiger partial charge in [-0.1, -0.05) is 48.5 Å². The van der Waals surface area contributed by atoms with E-state index in [0.29, 0.717) is 32.7 Å². The lowest BCUT2D eigenvalue weighted by molar-refractivity contribution is -0.137. The van der Waals surface area contributed by atoms with Gasteiger partial charge in [0, 0.05) is 29.6 Å². The number of likely N-dealkylation sites (tertiary alicyclic amines) is 1. The fourth-order valence-corrected chi connectivity index (χ4v) is 5.05. The summed E-state index contributed by atoms with van der Waals surface area (Å²) < 4.78 is 11.8. The van der Waals surface area contributed by atoms with Gasteiger partial charge in [-0.05, 0) is 44.4 Å². The van der Waals surface area contributed by atoms with Crippen LogP contribution in [0.3, 0.4) is 0 Å². The maximum Gasteiger partial charge on any atom is 0.411 e. The predicted octanol–water partition coefficient (Wildman–Crippen LogP) is 4.65. The van der Waals surface area contributed by atoms with E-state index in [1.54, 1.807) is 4.90 Å². The monoisotopic (exact) mass is 475 g/mol. The topological polar surface area (TPSA) is 74.9 Å². The number of nitrogens with one attached hydrogen (secondary N) is 1. The van der Waals surface area contributed by atoms with Gasteiger partial charge in [-0.25, -0.2) is 4.79 Å². The van der Waals surface area contributed by atoms with Gasteiger partial charge < -0.3 is 19.4 Å². The van der Waals surface area contributed by atoms with E-state index in [9.17, 15) is 9.59 Å². The molecule has 184 valence electrons. The molecule has 3 heterocycles. The quantitative estimate of drug-likeness (QED) is 0.596. The highest BCUT2D eigenvalue weighted by molar-refractivity contribution is 5.88. The molecular formula is C28H33N3O4. The van der Waals surface area contributed by atoms with Crippen LogP contribution < -0.4 is 0 Å². The van der Waals surface area contributed by atoms with Gasteiger partial charge in [0.2, 0.25) is 5.91 Å². The number of ether oxygens (including phenoxy) is 2. The SMILES string of the molecule is CC(C)(C)OC(=O)N1C[C@H](OCc2ccccc2)C[C@H]1C(=O)N1CCc2c([nH]c3ccccc23)C1. The Balaban J connectivity index is 1.32. The molecule has 5 rings (SSSR count). The molecule has 0 bridgehead atoms. The lowest BCUT2D eigenvalue weighted by Crippen LogP contribution is -2.50. The number of hydrogen-bond donors (Lipinski definition) is 1. The van der Waals surface area contributed by atoms with E-state index in [2.05, 4.69) is 17.1 Å². The number of aromatic amines is 1. The normalized spacial score (nSPS) is 20.2. The smallest absolute Gasteiger partial charge is 0.411 e. The third-order valence-corrected chi connectivity index (χ3v) is 6.70. The number of para-hydroxylation sites is 1. The number of benzene rings is 2. The van der Waals surface area contributed by atoms with E-state index in [0.717, 1.165) is 23.2 Å². The van der Waals surface area contributed by atoms with Crippen molar-refractivity contribution >= 4 is 22.9 Å². The van der Waals surface area contributed by atoms with E-state index in [4.69, 9.17) is 9.47 Å². The molecule has 2 aliphatic heterocycles. The molecule has 0 aliphatic carbocycles. The number of fused-ring (bicyclic) bond motifs is 3. The Morgan fingerprint density at radius 3 is 2.57 bits per heavy atom. The van der Waals surface area contributed by atoms with Crippen LogP contribution in [0.1, 0.15) is 44.0 Å². The first-order valence-electron chi connectivity index (χ1n) is 12.3. The maximum absolute atomic E-state index is 13.7. The molecule has 0 spiro atoms. The van der Waals surface area contributed by atoms with Crippen LogP contribution >= 0.6 is 0 Å². The number of amides is 2. The fourth-order valence-electron chi connectivity index (χ4n) is 5.05. The van der Waals surface area contributed by atoms with Gasteiger partial charge in [-0.15, -0.1) is 0 Å². The number of carbonyl (C=O) groups is 2. The summed E-state index contributed by atoms with van der Waals surface area (Å²) >= 11 is 0. The van der Waals surface area contributed by atoms with Gasteiger partial charge in [0.05, 0.1) is 25.8 Å². The molecule has 2 aliphatic rings. The largest absolute Gasteiger partial charge is 0.444 e. The third kappa shape index (κ3) is 5.05. The van der Waals surface area contributed by atoms with Gasteiger partial charge in [-0.2, -0.15) is 0 Å². The van der Waals surface area contributed by atoms with Crippen LogP contribution in [0.15, 0.2) is 54.6 Å². The average molecular weight is 476 g/mol. The molecule has 0 saturated carbocycles. The lowest BCUT2D eigenvalue weighted by atomic mass is 10.0. The molecule has 7 heteroatoms. The third-order valence-electron chi connectivity index (χ3n) is 6.70. The number of carbonyl (C=O) groups excluding carboxylic acids is 2. The summed E-state index contributed by atoms with van der Waals surface area (Å²) in [6, 6.07) is 17.6. The summed E-state index contributed by atoms with van der Waals surface area (Å²) in [7, 11) is 0. The number of rotatable bonds is 4. The first kappa shape index (κ1) is 23.4. The Labute approximate surface area is 206 Å². The zero-order valence-electron chi connectivity index (χ0n) is 20.6. The minimum atomic E-state index is -0.641. The first-order chi connectivity index (χ1) is 16.8. The Morgan fingerprint density at radius 1 is 1.06 bits per heavy atom. The van der Waals surface area contributed by atoms with Crippen molar-refractivity contribution in [1.29, 1.82) is 0 Å². The summed E-state index contributed by atoms with van der Waals surface area (Å²) in [5, 5.41) is 1.22. The van der Waals surface area contributed by atoms with Crippen molar-refractivity contribution in [3.8, 4) is 0 Å². The molecule has 0 radical (unpaired) electrons. The van der Waals surface area contributed by atoms with Crippen LogP contribution in [0.2, 0.25) is 0 Å². The van der Waals surface area contributed by atoms with Crippen molar-refractivity contribution in [2.24, 2.45) is 0 Å². The highest BCUT2D eigenvalue weighted by Crippen LogP contribution is 2.30. The number of H-pyrrole nitrogens is 1. The highest BCUT2D eigenvalue weighted by Gasteiger charge is 2.44. The summed E-state index contributed by atoms with van der Waals surface area (Å²) in [4.78, 5) is 33.7. The summed E-state index contributed by atoms with van der Waals surface area (Å²) in [6.07, 6.45) is 0.550. The summed E-state index contributed by atoms with van der Waals surface area (Å²) in [5.41, 5.74) is 3.87. The molecule has 7 nitrogen and oxygen atoms in total. The van der Waals surface area contributed by atoms with Gasteiger partial charge >= 0.3 is 6.09 Å². The van der Waals surface area contributed by atoms with E-state index < -0.39 is 17.7 Å². The lowest BCUT2D eigenvalue weighted by Gasteiger charge is -2.33. The second-order valence-corrected chi connectivity index (χ2v) is 10.4. The maximum atomic E-state index is 13.7. The number of hydrogen-bond acceptors (Lipinski definition) is 4. The molecule has 1 saturated heterocycles. The van der Waals surface area contributed by atoms with Gasteiger partial charge in [0.15, 0.2) is 0 Å². The van der Waals surface area contributed by atoms with Crippen LogP contribution in [0.5, 0.6) is 0 Å². The standard InChI is InChI=1S/C28H33N3O4/c1-28(2,3)35-27(33)31-16-20(34-18-19-9-5-4-6-10-19)15-25(31)26(32)30-14-13-22-21-11-7-8-12-23(21)29-24(22)17-30/h4-12,20,25,29H,13-18H2,1-3H3/t20-,25+/m1/s1. The molecule has 0 unspecified atom stereocenters. The molecule has 35 heavy (non-hydrogen) atoms.